The van der Waals surface area contributed by atoms with E-state index in [0.717, 1.165) is 16.2 Å². The van der Waals surface area contributed by atoms with E-state index in [0.29, 0.717) is 20.1 Å². The third-order valence-electron chi connectivity index (χ3n) is 2.62. The summed E-state index contributed by atoms with van der Waals surface area (Å²) in [5.74, 6) is -1.00. The summed E-state index contributed by atoms with van der Waals surface area (Å²) in [4.78, 5) is 26.6. The first-order valence-corrected chi connectivity index (χ1v) is 8.05. The maximum atomic E-state index is 11.0. The number of nitro benzene ring substituents is 1. The number of hydrogen-bond acceptors (Lipinski definition) is 6. The fourth-order valence-electron chi connectivity index (χ4n) is 1.63. The third kappa shape index (κ3) is 3.42. The van der Waals surface area contributed by atoms with E-state index in [4.69, 9.17) is 5.11 Å². The summed E-state index contributed by atoms with van der Waals surface area (Å²) >= 11 is 5.66. The largest absolute Gasteiger partial charge is 0.477 e. The lowest BCUT2D eigenvalue weighted by molar-refractivity contribution is -0.385. The van der Waals surface area contributed by atoms with Crippen LogP contribution in [0.4, 0.5) is 5.69 Å². The Kier molecular flexibility index (Phi) is 4.64. The van der Waals surface area contributed by atoms with E-state index >= 15 is 0 Å². The van der Waals surface area contributed by atoms with Crippen molar-refractivity contribution in [1.29, 1.82) is 0 Å². The fraction of sp³-hybridized carbons (Fsp3) is 0.167. The van der Waals surface area contributed by atoms with Crippen molar-refractivity contribution in [2.75, 3.05) is 0 Å². The first kappa shape index (κ1) is 15.9. The van der Waals surface area contributed by atoms with E-state index in [1.807, 2.05) is 0 Å². The molecule has 6 nitrogen and oxygen atoms in total. The van der Waals surface area contributed by atoms with Gasteiger partial charge in [0.15, 0.2) is 4.34 Å². The van der Waals surface area contributed by atoms with E-state index in [2.05, 4.69) is 20.9 Å². The number of halogens is 1. The van der Waals surface area contributed by atoms with Crippen LogP contribution >= 0.6 is 39.0 Å². The van der Waals surface area contributed by atoms with Crippen molar-refractivity contribution in [1.82, 2.24) is 4.98 Å². The predicted molar refractivity (Wildman–Crippen MR) is 83.5 cm³/mol. The van der Waals surface area contributed by atoms with Gasteiger partial charge in [-0.1, -0.05) is 11.8 Å². The van der Waals surface area contributed by atoms with Crippen molar-refractivity contribution in [3.8, 4) is 0 Å². The number of aryl methyl sites for hydroxylation is 2. The summed E-state index contributed by atoms with van der Waals surface area (Å²) in [6, 6.07) is 3.13. The van der Waals surface area contributed by atoms with E-state index in [-0.39, 0.29) is 10.6 Å². The van der Waals surface area contributed by atoms with Gasteiger partial charge in [0.25, 0.3) is 5.69 Å². The second-order valence-corrected chi connectivity index (χ2v) is 7.27. The molecule has 0 unspecified atom stereocenters. The maximum Gasteiger partial charge on any atom is 0.347 e. The molecule has 0 radical (unpaired) electrons. The van der Waals surface area contributed by atoms with E-state index in [9.17, 15) is 14.9 Å². The zero-order chi connectivity index (χ0) is 15.7. The standard InChI is InChI=1S/C12H9BrN2O4S2/c1-5-3-9(7(13)4-8(5)15(18)19)20-12-14-6(2)10(21-12)11(16)17/h3-4H,1-2H3,(H,16,17). The number of nitro groups is 1. The van der Waals surface area contributed by atoms with E-state index < -0.39 is 10.9 Å². The normalized spacial score (nSPS) is 10.6. The van der Waals surface area contributed by atoms with Crippen molar-refractivity contribution < 1.29 is 14.8 Å². The summed E-state index contributed by atoms with van der Waals surface area (Å²) in [5, 5.41) is 19.9. The lowest BCUT2D eigenvalue weighted by atomic mass is 10.2. The van der Waals surface area contributed by atoms with Crippen LogP contribution in [-0.2, 0) is 0 Å². The summed E-state index contributed by atoms with van der Waals surface area (Å²) < 4.78 is 1.16. The van der Waals surface area contributed by atoms with Crippen molar-refractivity contribution >= 4 is 50.7 Å². The molecule has 110 valence electrons. The van der Waals surface area contributed by atoms with Gasteiger partial charge >= 0.3 is 5.97 Å². The average Bonchev–Trinajstić information content (AvgIpc) is 2.74. The molecular weight excluding hydrogens is 380 g/mol. The molecule has 0 aliphatic heterocycles. The maximum absolute atomic E-state index is 11.0. The number of aromatic carboxylic acids is 1. The Bertz CT molecular complexity index is 745. The van der Waals surface area contributed by atoms with Gasteiger partial charge in [0.2, 0.25) is 0 Å². The molecule has 0 spiro atoms. The minimum atomic E-state index is -1.00. The Balaban J connectivity index is 2.36. The molecule has 0 bridgehead atoms. The first-order chi connectivity index (χ1) is 9.79. The second kappa shape index (κ2) is 6.12. The highest BCUT2D eigenvalue weighted by atomic mass is 79.9. The monoisotopic (exact) mass is 388 g/mol. The number of carbonyl (C=O) groups is 1. The molecule has 1 heterocycles. The number of carboxylic acid groups (broad SMARTS) is 1. The van der Waals surface area contributed by atoms with Crippen LogP contribution in [-0.4, -0.2) is 21.0 Å². The number of rotatable bonds is 4. The number of carboxylic acids is 1. The lowest BCUT2D eigenvalue weighted by Crippen LogP contribution is -1.94. The number of hydrogen-bond donors (Lipinski definition) is 1. The molecule has 2 aromatic rings. The van der Waals surface area contributed by atoms with E-state index in [1.165, 1.54) is 17.8 Å². The van der Waals surface area contributed by atoms with Crippen LogP contribution in [0.2, 0.25) is 0 Å². The number of benzene rings is 1. The first-order valence-electron chi connectivity index (χ1n) is 5.62. The fourth-order valence-corrected chi connectivity index (χ4v) is 4.29. The highest BCUT2D eigenvalue weighted by Crippen LogP contribution is 2.39. The van der Waals surface area contributed by atoms with Crippen LogP contribution < -0.4 is 0 Å². The van der Waals surface area contributed by atoms with Crippen molar-refractivity contribution in [3.05, 3.63) is 42.9 Å². The molecular formula is C12H9BrN2O4S2. The van der Waals surface area contributed by atoms with Gasteiger partial charge < -0.3 is 5.11 Å². The summed E-state index contributed by atoms with van der Waals surface area (Å²) in [5.41, 5.74) is 1.04. The van der Waals surface area contributed by atoms with Gasteiger partial charge in [-0.05, 0) is 35.8 Å². The summed E-state index contributed by atoms with van der Waals surface area (Å²) in [6.07, 6.45) is 0. The van der Waals surface area contributed by atoms with Gasteiger partial charge in [0.05, 0.1) is 10.6 Å². The Morgan fingerprint density at radius 3 is 2.67 bits per heavy atom. The number of thiazole rings is 1. The van der Waals surface area contributed by atoms with Crippen LogP contribution in [0.3, 0.4) is 0 Å². The van der Waals surface area contributed by atoms with Crippen LogP contribution in [0.25, 0.3) is 0 Å². The molecule has 0 atom stereocenters. The Labute approximate surface area is 136 Å². The smallest absolute Gasteiger partial charge is 0.347 e. The molecule has 0 amide bonds. The average molecular weight is 389 g/mol. The van der Waals surface area contributed by atoms with Crippen LogP contribution in [0.15, 0.2) is 25.8 Å². The Morgan fingerprint density at radius 1 is 1.48 bits per heavy atom. The Morgan fingerprint density at radius 2 is 2.14 bits per heavy atom. The topological polar surface area (TPSA) is 93.3 Å². The van der Waals surface area contributed by atoms with Gasteiger partial charge in [-0.2, -0.15) is 0 Å². The zero-order valence-corrected chi connectivity index (χ0v) is 14.1. The van der Waals surface area contributed by atoms with Crippen LogP contribution in [0.1, 0.15) is 20.9 Å². The SMILES string of the molecule is Cc1cc(Sc2nc(C)c(C(=O)O)s2)c(Br)cc1[N+](=O)[O-]. The second-order valence-electron chi connectivity index (χ2n) is 4.13. The molecule has 0 saturated carbocycles. The Hall–Kier alpha value is -1.45. The van der Waals surface area contributed by atoms with Gasteiger partial charge in [0.1, 0.15) is 4.88 Å². The quantitative estimate of drug-likeness (QED) is 0.620. The number of nitrogens with zero attached hydrogens (tertiary/aromatic N) is 2. The third-order valence-corrected chi connectivity index (χ3v) is 5.80. The molecule has 1 N–H and O–H groups in total. The lowest BCUT2D eigenvalue weighted by Gasteiger charge is -2.04. The minimum Gasteiger partial charge on any atom is -0.477 e. The van der Waals surface area contributed by atoms with Crippen molar-refractivity contribution in [2.45, 2.75) is 23.1 Å². The zero-order valence-electron chi connectivity index (χ0n) is 10.9. The van der Waals surface area contributed by atoms with Gasteiger partial charge in [0, 0.05) is 21.0 Å². The molecule has 2 rings (SSSR count). The molecule has 0 saturated heterocycles. The highest BCUT2D eigenvalue weighted by Gasteiger charge is 2.18. The molecule has 1 aromatic carbocycles. The van der Waals surface area contributed by atoms with Crippen molar-refractivity contribution in [2.24, 2.45) is 0 Å². The van der Waals surface area contributed by atoms with Gasteiger partial charge in [-0.15, -0.1) is 11.3 Å². The molecule has 0 fully saturated rings. The molecule has 9 heteroatoms. The molecule has 21 heavy (non-hydrogen) atoms. The molecule has 0 aliphatic carbocycles. The van der Waals surface area contributed by atoms with Gasteiger partial charge in [-0.3, -0.25) is 10.1 Å². The van der Waals surface area contributed by atoms with E-state index in [1.54, 1.807) is 19.9 Å². The molecule has 0 aliphatic rings. The predicted octanol–water partition coefficient (Wildman–Crippen LogP) is 4.28. The van der Waals surface area contributed by atoms with Crippen LogP contribution in [0, 0.1) is 24.0 Å². The van der Waals surface area contributed by atoms with Gasteiger partial charge in [-0.25, -0.2) is 9.78 Å². The van der Waals surface area contributed by atoms with Crippen molar-refractivity contribution in [3.63, 3.8) is 0 Å². The minimum absolute atomic E-state index is 0.0350. The van der Waals surface area contributed by atoms with Crippen LogP contribution in [0.5, 0.6) is 0 Å². The molecule has 1 aromatic heterocycles. The summed E-state index contributed by atoms with van der Waals surface area (Å²) in [7, 11) is 0. The summed E-state index contributed by atoms with van der Waals surface area (Å²) in [6.45, 7) is 3.30. The number of aromatic nitrogens is 1. The highest BCUT2D eigenvalue weighted by molar-refractivity contribution is 9.10.